The topological polar surface area (TPSA) is 66.8 Å². The van der Waals surface area contributed by atoms with Crippen LogP contribution in [0.2, 0.25) is 0 Å². The zero-order chi connectivity index (χ0) is 19.1. The molecule has 0 spiro atoms. The third-order valence-corrected chi connectivity index (χ3v) is 6.74. The molecule has 0 aromatic rings. The van der Waals surface area contributed by atoms with E-state index in [1.807, 2.05) is 31.2 Å². The number of aliphatic hydroxyl groups is 1. The second kappa shape index (κ2) is 7.32. The summed E-state index contributed by atoms with van der Waals surface area (Å²) in [6.45, 7) is 8.36. The molecule has 1 heterocycles. The lowest BCUT2D eigenvalue weighted by molar-refractivity contribution is -0.241. The zero-order valence-corrected chi connectivity index (χ0v) is 16.3. The molecule has 0 radical (unpaired) electrons. The number of carboxylic acids is 1. The minimum atomic E-state index is -0.907. The first-order valence-electron chi connectivity index (χ1n) is 9.80. The monoisotopic (exact) mass is 360 g/mol. The van der Waals surface area contributed by atoms with Gasteiger partial charge in [0.15, 0.2) is 0 Å². The summed E-state index contributed by atoms with van der Waals surface area (Å²) in [5.41, 5.74) is 1.09. The van der Waals surface area contributed by atoms with E-state index in [-0.39, 0.29) is 29.5 Å². The van der Waals surface area contributed by atoms with Gasteiger partial charge in [-0.3, -0.25) is 4.79 Å². The van der Waals surface area contributed by atoms with E-state index in [1.165, 1.54) is 5.57 Å². The van der Waals surface area contributed by atoms with Crippen LogP contribution in [0.25, 0.3) is 0 Å². The molecule has 4 heteroatoms. The van der Waals surface area contributed by atoms with Crippen LogP contribution in [0.1, 0.15) is 47.0 Å². The van der Waals surface area contributed by atoms with Gasteiger partial charge in [0.05, 0.1) is 23.7 Å². The summed E-state index contributed by atoms with van der Waals surface area (Å²) in [5.74, 6) is -1.39. The lowest BCUT2D eigenvalue weighted by Gasteiger charge is -2.57. The predicted molar refractivity (Wildman–Crippen MR) is 102 cm³/mol. The average molecular weight is 360 g/mol. The Morgan fingerprint density at radius 3 is 2.73 bits per heavy atom. The maximum Gasteiger partial charge on any atom is 0.309 e. The molecule has 0 bridgehead atoms. The van der Waals surface area contributed by atoms with Crippen molar-refractivity contribution in [2.75, 3.05) is 0 Å². The van der Waals surface area contributed by atoms with E-state index < -0.39 is 18.0 Å². The van der Waals surface area contributed by atoms with Crippen molar-refractivity contribution in [3.05, 3.63) is 36.0 Å². The summed E-state index contributed by atoms with van der Waals surface area (Å²) >= 11 is 0. The van der Waals surface area contributed by atoms with Gasteiger partial charge in [-0.15, -0.1) is 0 Å². The number of ether oxygens (including phenoxy) is 1. The first-order chi connectivity index (χ1) is 12.3. The quantitative estimate of drug-likeness (QED) is 0.590. The van der Waals surface area contributed by atoms with Gasteiger partial charge in [-0.25, -0.2) is 0 Å². The van der Waals surface area contributed by atoms with Crippen molar-refractivity contribution in [2.24, 2.45) is 29.6 Å². The van der Waals surface area contributed by atoms with Crippen molar-refractivity contribution < 1.29 is 19.7 Å². The first-order valence-corrected chi connectivity index (χ1v) is 9.80. The number of fused-ring (bicyclic) bond motifs is 3. The van der Waals surface area contributed by atoms with E-state index >= 15 is 0 Å². The predicted octanol–water partition coefficient (Wildman–Crippen LogP) is 3.97. The van der Waals surface area contributed by atoms with Crippen LogP contribution >= 0.6 is 0 Å². The van der Waals surface area contributed by atoms with Crippen LogP contribution < -0.4 is 0 Å². The molecule has 3 rings (SSSR count). The Balaban J connectivity index is 1.95. The fraction of sp³-hybridized carbons (Fsp3) is 0.682. The van der Waals surface area contributed by atoms with Crippen molar-refractivity contribution >= 4 is 5.97 Å². The highest BCUT2D eigenvalue weighted by Crippen LogP contribution is 2.54. The Bertz CT molecular complexity index is 630. The van der Waals surface area contributed by atoms with Gasteiger partial charge in [0.1, 0.15) is 0 Å². The van der Waals surface area contributed by atoms with Gasteiger partial charge in [-0.2, -0.15) is 0 Å². The normalized spacial score (nSPS) is 42.3. The van der Waals surface area contributed by atoms with E-state index in [0.29, 0.717) is 12.3 Å². The fourth-order valence-electron chi connectivity index (χ4n) is 5.57. The minimum absolute atomic E-state index is 0.0944. The van der Waals surface area contributed by atoms with E-state index in [2.05, 4.69) is 26.8 Å². The smallest absolute Gasteiger partial charge is 0.309 e. The highest BCUT2D eigenvalue weighted by atomic mass is 16.5. The average Bonchev–Trinajstić information content (AvgIpc) is 2.53. The van der Waals surface area contributed by atoms with Crippen LogP contribution in [0.5, 0.6) is 0 Å². The van der Waals surface area contributed by atoms with Crippen LogP contribution in [-0.4, -0.2) is 34.0 Å². The molecule has 1 aliphatic heterocycles. The summed E-state index contributed by atoms with van der Waals surface area (Å²) in [4.78, 5) is 12.0. The lowest BCUT2D eigenvalue weighted by Crippen LogP contribution is -2.62. The van der Waals surface area contributed by atoms with Gasteiger partial charge in [0.25, 0.3) is 0 Å². The Morgan fingerprint density at radius 2 is 2.08 bits per heavy atom. The number of hydrogen-bond acceptors (Lipinski definition) is 3. The van der Waals surface area contributed by atoms with Gasteiger partial charge in [-0.05, 0) is 64.7 Å². The molecule has 2 N–H and O–H groups in total. The molecule has 1 saturated heterocycles. The molecule has 0 amide bonds. The molecular weight excluding hydrogens is 328 g/mol. The summed E-state index contributed by atoms with van der Waals surface area (Å²) in [7, 11) is 0. The molecule has 0 aromatic carbocycles. The van der Waals surface area contributed by atoms with Crippen molar-refractivity contribution in [3.63, 3.8) is 0 Å². The van der Waals surface area contributed by atoms with Crippen LogP contribution in [0.4, 0.5) is 0 Å². The van der Waals surface area contributed by atoms with Crippen molar-refractivity contribution in [1.82, 2.24) is 0 Å². The number of rotatable bonds is 3. The molecule has 7 unspecified atom stereocenters. The summed E-state index contributed by atoms with van der Waals surface area (Å²) in [6.07, 6.45) is 11.5. The molecule has 7 atom stereocenters. The van der Waals surface area contributed by atoms with Crippen molar-refractivity contribution in [2.45, 2.75) is 64.8 Å². The highest BCUT2D eigenvalue weighted by molar-refractivity contribution is 5.72. The van der Waals surface area contributed by atoms with Crippen molar-refractivity contribution in [3.8, 4) is 0 Å². The molecule has 4 nitrogen and oxygen atoms in total. The number of aliphatic hydroxyl groups excluding tert-OH is 1. The van der Waals surface area contributed by atoms with Gasteiger partial charge < -0.3 is 14.9 Å². The number of carbonyl (C=O) groups is 1. The first kappa shape index (κ1) is 19.4. The second-order valence-corrected chi connectivity index (χ2v) is 8.76. The minimum Gasteiger partial charge on any atom is -0.481 e. The number of carboxylic acid groups (broad SMARTS) is 1. The Morgan fingerprint density at radius 1 is 1.35 bits per heavy atom. The Kier molecular flexibility index (Phi) is 5.45. The molecule has 26 heavy (non-hydrogen) atoms. The van der Waals surface area contributed by atoms with E-state index in [0.717, 1.165) is 12.8 Å². The van der Waals surface area contributed by atoms with Gasteiger partial charge in [-0.1, -0.05) is 36.0 Å². The largest absolute Gasteiger partial charge is 0.481 e. The Hall–Kier alpha value is -1.39. The van der Waals surface area contributed by atoms with Crippen LogP contribution in [0.15, 0.2) is 36.0 Å². The second-order valence-electron chi connectivity index (χ2n) is 8.76. The number of allylic oxidation sites excluding steroid dienone is 6. The number of aliphatic carboxylic acids is 1. The molecule has 3 aliphatic rings. The van der Waals surface area contributed by atoms with E-state index in [9.17, 15) is 15.0 Å². The van der Waals surface area contributed by atoms with Gasteiger partial charge in [0, 0.05) is 5.92 Å². The number of hydrogen-bond donors (Lipinski definition) is 2. The maximum absolute atomic E-state index is 12.0. The van der Waals surface area contributed by atoms with E-state index in [1.54, 1.807) is 0 Å². The molecule has 0 aromatic heterocycles. The SMILES string of the molecule is CC=CC=CC1CC2OC(C)(C)C3CC=C(C)CC3C2C(O)C1C(=O)O. The van der Waals surface area contributed by atoms with Gasteiger partial charge in [0.2, 0.25) is 0 Å². The maximum atomic E-state index is 12.0. The summed E-state index contributed by atoms with van der Waals surface area (Å²) in [5, 5.41) is 20.9. The van der Waals surface area contributed by atoms with Crippen molar-refractivity contribution in [1.29, 1.82) is 0 Å². The molecule has 144 valence electrons. The van der Waals surface area contributed by atoms with Gasteiger partial charge >= 0.3 is 5.97 Å². The highest BCUT2D eigenvalue weighted by Gasteiger charge is 2.57. The van der Waals surface area contributed by atoms with Crippen LogP contribution in [0.3, 0.4) is 0 Å². The van der Waals surface area contributed by atoms with Crippen LogP contribution in [-0.2, 0) is 9.53 Å². The third-order valence-electron chi connectivity index (χ3n) is 6.74. The van der Waals surface area contributed by atoms with Crippen LogP contribution in [0, 0.1) is 29.6 Å². The molecule has 2 aliphatic carbocycles. The third kappa shape index (κ3) is 3.41. The molecule has 1 saturated carbocycles. The summed E-state index contributed by atoms with van der Waals surface area (Å²) in [6, 6.07) is 0. The molecular formula is C22H32O4. The fourth-order valence-corrected chi connectivity index (χ4v) is 5.57. The zero-order valence-electron chi connectivity index (χ0n) is 16.3. The Labute approximate surface area is 156 Å². The molecule has 2 fully saturated rings. The lowest BCUT2D eigenvalue weighted by atomic mass is 9.56. The summed E-state index contributed by atoms with van der Waals surface area (Å²) < 4.78 is 6.48. The standard InChI is InChI=1S/C22H32O4/c1-5-6-7-8-14-12-17-19(20(23)18(14)21(24)25)15-11-13(2)9-10-16(15)22(3,4)26-17/h5-9,14-20,23H,10-12H2,1-4H3,(H,24,25). The van der Waals surface area contributed by atoms with E-state index in [4.69, 9.17) is 4.74 Å².